The van der Waals surface area contributed by atoms with Crippen LogP contribution in [-0.2, 0) is 10.0 Å². The number of carbonyl (C=O) groups is 1. The van der Waals surface area contributed by atoms with Gasteiger partial charge in [0.25, 0.3) is 15.9 Å². The highest BCUT2D eigenvalue weighted by molar-refractivity contribution is 7.92. The predicted octanol–water partition coefficient (Wildman–Crippen LogP) is 3.56. The smallest absolute Gasteiger partial charge is 0.263 e. The molecule has 0 bridgehead atoms. The van der Waals surface area contributed by atoms with Crippen LogP contribution in [0.4, 0.5) is 15.9 Å². The zero-order chi connectivity index (χ0) is 19.6. The van der Waals surface area contributed by atoms with Crippen molar-refractivity contribution in [3.05, 3.63) is 70.6 Å². The van der Waals surface area contributed by atoms with Crippen molar-refractivity contribution in [3.8, 4) is 0 Å². The van der Waals surface area contributed by atoms with E-state index in [0.29, 0.717) is 5.82 Å². The first-order valence-electron chi connectivity index (χ1n) is 7.66. The number of carbonyl (C=O) groups excluding carboxylic acids is 1. The first-order chi connectivity index (χ1) is 12.7. The topological polar surface area (TPSA) is 104 Å². The second-order valence-electron chi connectivity index (χ2n) is 5.65. The molecule has 0 saturated heterocycles. The Morgan fingerprint density at radius 2 is 1.85 bits per heavy atom. The minimum Gasteiger partial charge on any atom is -0.305 e. The summed E-state index contributed by atoms with van der Waals surface area (Å²) in [6.07, 6.45) is 0. The van der Waals surface area contributed by atoms with Crippen molar-refractivity contribution in [1.29, 1.82) is 0 Å². The monoisotopic (exact) mass is 408 g/mol. The first kappa shape index (κ1) is 18.9. The van der Waals surface area contributed by atoms with Gasteiger partial charge in [-0.3, -0.25) is 14.6 Å². The number of amides is 1. The number of rotatable bonds is 5. The van der Waals surface area contributed by atoms with Crippen LogP contribution in [0.15, 0.2) is 53.4 Å². The zero-order valence-corrected chi connectivity index (χ0v) is 15.5. The van der Waals surface area contributed by atoms with E-state index in [9.17, 15) is 17.6 Å². The Morgan fingerprint density at radius 1 is 1.15 bits per heavy atom. The Hall–Kier alpha value is -2.91. The molecule has 1 aromatic heterocycles. The maximum atomic E-state index is 13.0. The van der Waals surface area contributed by atoms with E-state index in [4.69, 9.17) is 11.6 Å². The molecule has 10 heteroatoms. The van der Waals surface area contributed by atoms with Crippen molar-refractivity contribution in [1.82, 2.24) is 10.2 Å². The molecule has 0 aliphatic carbocycles. The minimum absolute atomic E-state index is 0.0585. The van der Waals surface area contributed by atoms with Gasteiger partial charge in [0.05, 0.1) is 5.02 Å². The number of halogens is 2. The second kappa shape index (κ2) is 7.37. The fraction of sp³-hybridized carbons (Fsp3) is 0.0588. The number of aromatic nitrogens is 2. The third kappa shape index (κ3) is 4.44. The molecule has 27 heavy (non-hydrogen) atoms. The van der Waals surface area contributed by atoms with Crippen LogP contribution in [0.1, 0.15) is 16.1 Å². The summed E-state index contributed by atoms with van der Waals surface area (Å²) in [4.78, 5) is 12.1. The maximum absolute atomic E-state index is 13.0. The summed E-state index contributed by atoms with van der Waals surface area (Å²) >= 11 is 6.01. The molecule has 0 fully saturated rings. The Morgan fingerprint density at radius 3 is 2.48 bits per heavy atom. The molecule has 0 radical (unpaired) electrons. The highest BCUT2D eigenvalue weighted by Gasteiger charge is 2.21. The van der Waals surface area contributed by atoms with Gasteiger partial charge in [-0.1, -0.05) is 11.6 Å². The lowest BCUT2D eigenvalue weighted by molar-refractivity contribution is 0.102. The summed E-state index contributed by atoms with van der Waals surface area (Å²) in [5.74, 6) is -0.735. The quantitative estimate of drug-likeness (QED) is 0.600. The lowest BCUT2D eigenvalue weighted by atomic mass is 10.2. The molecule has 3 rings (SSSR count). The van der Waals surface area contributed by atoms with Crippen LogP contribution in [0.2, 0.25) is 5.02 Å². The van der Waals surface area contributed by atoms with E-state index in [0.717, 1.165) is 23.9 Å². The van der Waals surface area contributed by atoms with Gasteiger partial charge in [-0.2, -0.15) is 5.10 Å². The van der Waals surface area contributed by atoms with E-state index >= 15 is 0 Å². The lowest BCUT2D eigenvalue weighted by Crippen LogP contribution is -2.16. The van der Waals surface area contributed by atoms with Crippen LogP contribution in [-0.4, -0.2) is 24.5 Å². The Labute approximate surface area is 159 Å². The Kier molecular flexibility index (Phi) is 5.15. The van der Waals surface area contributed by atoms with Gasteiger partial charge in [0, 0.05) is 23.0 Å². The molecular formula is C17H14ClFN4O3S. The number of anilines is 2. The maximum Gasteiger partial charge on any atom is 0.263 e. The molecule has 140 valence electrons. The van der Waals surface area contributed by atoms with Crippen LogP contribution >= 0.6 is 11.6 Å². The van der Waals surface area contributed by atoms with Crippen molar-refractivity contribution in [2.24, 2.45) is 0 Å². The van der Waals surface area contributed by atoms with Crippen molar-refractivity contribution in [2.75, 3.05) is 10.0 Å². The molecule has 0 unspecified atom stereocenters. The molecule has 0 aliphatic rings. The number of aromatic amines is 1. The zero-order valence-electron chi connectivity index (χ0n) is 14.0. The molecule has 3 aromatic rings. The van der Waals surface area contributed by atoms with Crippen LogP contribution in [0.5, 0.6) is 0 Å². The molecule has 1 amide bonds. The highest BCUT2D eigenvalue weighted by atomic mass is 35.5. The van der Waals surface area contributed by atoms with Crippen molar-refractivity contribution >= 4 is 39.0 Å². The number of hydrogen-bond acceptors (Lipinski definition) is 4. The summed E-state index contributed by atoms with van der Waals surface area (Å²) in [7, 11) is -4.09. The van der Waals surface area contributed by atoms with E-state index in [-0.39, 0.29) is 21.2 Å². The van der Waals surface area contributed by atoms with Crippen molar-refractivity contribution < 1.29 is 17.6 Å². The average molecular weight is 409 g/mol. The van der Waals surface area contributed by atoms with Gasteiger partial charge >= 0.3 is 0 Å². The largest absolute Gasteiger partial charge is 0.305 e. The molecule has 1 heterocycles. The number of H-pyrrole nitrogens is 1. The van der Waals surface area contributed by atoms with Crippen LogP contribution in [0.25, 0.3) is 0 Å². The van der Waals surface area contributed by atoms with E-state index in [2.05, 4.69) is 20.2 Å². The molecule has 0 aliphatic heterocycles. The average Bonchev–Trinajstić information content (AvgIpc) is 3.01. The van der Waals surface area contributed by atoms with Crippen LogP contribution in [0, 0.1) is 12.7 Å². The summed E-state index contributed by atoms with van der Waals surface area (Å²) < 4.78 is 40.5. The Bertz CT molecular complexity index is 1100. The van der Waals surface area contributed by atoms with Gasteiger partial charge in [0.1, 0.15) is 10.7 Å². The lowest BCUT2D eigenvalue weighted by Gasteiger charge is -2.11. The van der Waals surface area contributed by atoms with Gasteiger partial charge in [0.2, 0.25) is 0 Å². The second-order valence-corrected chi connectivity index (χ2v) is 7.71. The summed E-state index contributed by atoms with van der Waals surface area (Å²) in [6.45, 7) is 1.77. The van der Waals surface area contributed by atoms with Crippen molar-refractivity contribution in [3.63, 3.8) is 0 Å². The highest BCUT2D eigenvalue weighted by Crippen LogP contribution is 2.25. The molecule has 0 saturated carbocycles. The fourth-order valence-corrected chi connectivity index (χ4v) is 3.83. The van der Waals surface area contributed by atoms with E-state index in [1.54, 1.807) is 13.0 Å². The third-order valence-corrected chi connectivity index (χ3v) is 5.39. The summed E-state index contributed by atoms with van der Waals surface area (Å²) in [5, 5.41) is 9.07. The van der Waals surface area contributed by atoms with Crippen LogP contribution < -0.4 is 10.0 Å². The number of nitrogens with zero attached hydrogens (tertiary/aromatic N) is 1. The first-order valence-corrected chi connectivity index (χ1v) is 9.52. The molecule has 3 N–H and O–H groups in total. The van der Waals surface area contributed by atoms with E-state index in [1.807, 2.05) is 0 Å². The number of aryl methyl sites for hydroxylation is 1. The minimum atomic E-state index is -4.09. The van der Waals surface area contributed by atoms with Gasteiger partial charge in [-0.05, 0) is 49.4 Å². The molecule has 2 aromatic carbocycles. The van der Waals surface area contributed by atoms with E-state index in [1.165, 1.54) is 24.3 Å². The normalized spacial score (nSPS) is 11.2. The third-order valence-electron chi connectivity index (χ3n) is 3.53. The summed E-state index contributed by atoms with van der Waals surface area (Å²) in [5.41, 5.74) is 1.00. The molecule has 0 spiro atoms. The SMILES string of the molecule is Cc1cc(NC(=O)c2ccc(Cl)c(S(=O)(=O)Nc3ccc(F)cc3)c2)n[nH]1. The van der Waals surface area contributed by atoms with Gasteiger partial charge in [-0.25, -0.2) is 12.8 Å². The standard InChI is InChI=1S/C17H14ClFN4O3S/c1-10-8-16(22-21-10)20-17(24)11-2-7-14(18)15(9-11)27(25,26)23-13-5-3-12(19)4-6-13/h2-9,23H,1H3,(H2,20,21,22,24). The molecular weight excluding hydrogens is 395 g/mol. The predicted molar refractivity (Wildman–Crippen MR) is 99.9 cm³/mol. The number of benzene rings is 2. The Balaban J connectivity index is 1.87. The number of sulfonamides is 1. The van der Waals surface area contributed by atoms with Gasteiger partial charge in [-0.15, -0.1) is 0 Å². The number of hydrogen-bond donors (Lipinski definition) is 3. The van der Waals surface area contributed by atoms with Crippen molar-refractivity contribution in [2.45, 2.75) is 11.8 Å². The van der Waals surface area contributed by atoms with E-state index < -0.39 is 21.7 Å². The molecule has 7 nitrogen and oxygen atoms in total. The summed E-state index contributed by atoms with van der Waals surface area (Å²) in [6, 6.07) is 10.3. The molecule has 0 atom stereocenters. The number of nitrogens with one attached hydrogen (secondary N) is 3. The fourth-order valence-electron chi connectivity index (χ4n) is 2.25. The van der Waals surface area contributed by atoms with Crippen LogP contribution in [0.3, 0.4) is 0 Å². The van der Waals surface area contributed by atoms with Gasteiger partial charge in [0.15, 0.2) is 5.82 Å². The van der Waals surface area contributed by atoms with Gasteiger partial charge < -0.3 is 5.32 Å².